The third kappa shape index (κ3) is 2.35. The van der Waals surface area contributed by atoms with Crippen molar-refractivity contribution >= 4 is 10.9 Å². The number of aromatic nitrogens is 1. The predicted molar refractivity (Wildman–Crippen MR) is 80.1 cm³/mol. The summed E-state index contributed by atoms with van der Waals surface area (Å²) >= 11 is 0. The van der Waals surface area contributed by atoms with Gasteiger partial charge < -0.3 is 14.4 Å². The van der Waals surface area contributed by atoms with E-state index in [1.54, 1.807) is 12.1 Å². The molecule has 0 fully saturated rings. The summed E-state index contributed by atoms with van der Waals surface area (Å²) in [7, 11) is 2.01. The topological polar surface area (TPSA) is 34.4 Å². The quantitative estimate of drug-likeness (QED) is 0.783. The van der Waals surface area contributed by atoms with E-state index in [2.05, 4.69) is 11.5 Å². The smallest absolute Gasteiger partial charge is 0.128 e. The molecule has 2 aromatic carbocycles. The molecule has 20 heavy (non-hydrogen) atoms. The van der Waals surface area contributed by atoms with Gasteiger partial charge in [0.1, 0.15) is 18.1 Å². The molecule has 1 aromatic heterocycles. The van der Waals surface area contributed by atoms with Crippen LogP contribution in [0, 0.1) is 6.92 Å². The van der Waals surface area contributed by atoms with Crippen molar-refractivity contribution in [3.8, 4) is 11.5 Å². The Balaban J connectivity index is 1.84. The highest BCUT2D eigenvalue weighted by Gasteiger charge is 2.07. The number of rotatable bonds is 3. The van der Waals surface area contributed by atoms with Gasteiger partial charge in [0, 0.05) is 18.0 Å². The van der Waals surface area contributed by atoms with Gasteiger partial charge >= 0.3 is 0 Å². The van der Waals surface area contributed by atoms with E-state index in [0.29, 0.717) is 6.61 Å². The summed E-state index contributed by atoms with van der Waals surface area (Å²) in [5.74, 6) is 1.15. The lowest BCUT2D eigenvalue weighted by Crippen LogP contribution is -2.01. The highest BCUT2D eigenvalue weighted by atomic mass is 16.5. The van der Waals surface area contributed by atoms with E-state index in [0.717, 1.165) is 22.3 Å². The van der Waals surface area contributed by atoms with Crippen molar-refractivity contribution in [3.63, 3.8) is 0 Å². The van der Waals surface area contributed by atoms with Crippen molar-refractivity contribution in [2.24, 2.45) is 7.05 Å². The van der Waals surface area contributed by atoms with Crippen LogP contribution in [-0.2, 0) is 13.7 Å². The van der Waals surface area contributed by atoms with Crippen molar-refractivity contribution in [2.45, 2.75) is 13.5 Å². The molecule has 3 aromatic rings. The number of phenolic OH excluding ortho intramolecular Hbond substituents is 1. The first-order valence-electron chi connectivity index (χ1n) is 6.60. The van der Waals surface area contributed by atoms with Crippen LogP contribution in [0.3, 0.4) is 0 Å². The van der Waals surface area contributed by atoms with E-state index in [1.165, 1.54) is 5.56 Å². The minimum atomic E-state index is 0.286. The standard InChI is InChI=1S/C17H17NO2/c1-12-3-6-16(7-4-12)20-11-14-9-13-10-15(19)5-8-17(13)18(14)2/h3-10,19H,11H2,1-2H3. The summed E-state index contributed by atoms with van der Waals surface area (Å²) in [6.07, 6.45) is 0. The number of benzene rings is 2. The van der Waals surface area contributed by atoms with Crippen LogP contribution in [0.1, 0.15) is 11.3 Å². The molecule has 3 nitrogen and oxygen atoms in total. The molecule has 3 rings (SSSR count). The molecule has 0 spiro atoms. The van der Waals surface area contributed by atoms with Gasteiger partial charge in [-0.3, -0.25) is 0 Å². The second-order valence-electron chi connectivity index (χ2n) is 5.04. The highest BCUT2D eigenvalue weighted by molar-refractivity contribution is 5.82. The first-order valence-corrected chi connectivity index (χ1v) is 6.60. The Hall–Kier alpha value is -2.42. The number of ether oxygens (including phenoxy) is 1. The number of fused-ring (bicyclic) bond motifs is 1. The fourth-order valence-corrected chi connectivity index (χ4v) is 2.32. The Morgan fingerprint density at radius 1 is 1.05 bits per heavy atom. The van der Waals surface area contributed by atoms with Gasteiger partial charge in [0.15, 0.2) is 0 Å². The average molecular weight is 267 g/mol. The Kier molecular flexibility index (Phi) is 3.11. The summed E-state index contributed by atoms with van der Waals surface area (Å²) in [4.78, 5) is 0. The Morgan fingerprint density at radius 3 is 2.55 bits per heavy atom. The van der Waals surface area contributed by atoms with Gasteiger partial charge in [0.25, 0.3) is 0 Å². The van der Waals surface area contributed by atoms with Crippen LogP contribution in [-0.4, -0.2) is 9.67 Å². The summed E-state index contributed by atoms with van der Waals surface area (Å²) in [5.41, 5.74) is 3.38. The van der Waals surface area contributed by atoms with Crippen LogP contribution in [0.4, 0.5) is 0 Å². The number of hydrogen-bond donors (Lipinski definition) is 1. The van der Waals surface area contributed by atoms with E-state index in [-0.39, 0.29) is 5.75 Å². The molecule has 0 aliphatic rings. The Bertz CT molecular complexity index is 742. The molecule has 0 saturated carbocycles. The maximum absolute atomic E-state index is 9.52. The molecule has 0 atom stereocenters. The predicted octanol–water partition coefficient (Wildman–Crippen LogP) is 3.77. The third-order valence-corrected chi connectivity index (χ3v) is 3.53. The molecular weight excluding hydrogens is 250 g/mol. The molecular formula is C17H17NO2. The summed E-state index contributed by atoms with van der Waals surface area (Å²) in [5, 5.41) is 10.5. The molecule has 0 unspecified atom stereocenters. The number of aromatic hydroxyl groups is 1. The fraction of sp³-hybridized carbons (Fsp3) is 0.176. The third-order valence-electron chi connectivity index (χ3n) is 3.53. The maximum atomic E-state index is 9.52. The number of aryl methyl sites for hydroxylation is 2. The van der Waals surface area contributed by atoms with Gasteiger partial charge in [-0.2, -0.15) is 0 Å². The van der Waals surface area contributed by atoms with E-state index < -0.39 is 0 Å². The highest BCUT2D eigenvalue weighted by Crippen LogP contribution is 2.24. The minimum Gasteiger partial charge on any atom is -0.508 e. The van der Waals surface area contributed by atoms with Crippen molar-refractivity contribution in [2.75, 3.05) is 0 Å². The average Bonchev–Trinajstić information content (AvgIpc) is 2.74. The van der Waals surface area contributed by atoms with Crippen LogP contribution < -0.4 is 4.74 Å². The molecule has 0 saturated heterocycles. The van der Waals surface area contributed by atoms with Crippen molar-refractivity contribution < 1.29 is 9.84 Å². The zero-order valence-corrected chi connectivity index (χ0v) is 11.6. The molecule has 1 heterocycles. The van der Waals surface area contributed by atoms with E-state index >= 15 is 0 Å². The SMILES string of the molecule is Cc1ccc(OCc2cc3cc(O)ccc3n2C)cc1. The summed E-state index contributed by atoms with van der Waals surface area (Å²) < 4.78 is 7.89. The Morgan fingerprint density at radius 2 is 1.80 bits per heavy atom. The molecule has 0 bridgehead atoms. The van der Waals surface area contributed by atoms with Crippen LogP contribution in [0.5, 0.6) is 11.5 Å². The lowest BCUT2D eigenvalue weighted by Gasteiger charge is -2.07. The second-order valence-corrected chi connectivity index (χ2v) is 5.04. The van der Waals surface area contributed by atoms with Crippen LogP contribution in [0.15, 0.2) is 48.5 Å². The molecule has 3 heteroatoms. The van der Waals surface area contributed by atoms with Gasteiger partial charge in [0.2, 0.25) is 0 Å². The second kappa shape index (κ2) is 4.93. The molecule has 0 aliphatic carbocycles. The first-order chi connectivity index (χ1) is 9.63. The number of hydrogen-bond acceptors (Lipinski definition) is 2. The largest absolute Gasteiger partial charge is 0.508 e. The molecule has 0 radical (unpaired) electrons. The van der Waals surface area contributed by atoms with Crippen molar-refractivity contribution in [3.05, 3.63) is 59.8 Å². The van der Waals surface area contributed by atoms with Crippen LogP contribution in [0.2, 0.25) is 0 Å². The molecule has 102 valence electrons. The maximum Gasteiger partial charge on any atom is 0.128 e. The zero-order valence-electron chi connectivity index (χ0n) is 11.6. The van der Waals surface area contributed by atoms with E-state index in [9.17, 15) is 5.11 Å². The fourth-order valence-electron chi connectivity index (χ4n) is 2.32. The molecule has 0 aliphatic heterocycles. The van der Waals surface area contributed by atoms with Gasteiger partial charge in [0.05, 0.1) is 5.69 Å². The van der Waals surface area contributed by atoms with Gasteiger partial charge in [-0.15, -0.1) is 0 Å². The normalized spacial score (nSPS) is 10.9. The van der Waals surface area contributed by atoms with Crippen LogP contribution in [0.25, 0.3) is 10.9 Å². The van der Waals surface area contributed by atoms with Crippen molar-refractivity contribution in [1.82, 2.24) is 4.57 Å². The van der Waals surface area contributed by atoms with Gasteiger partial charge in [-0.05, 0) is 43.3 Å². The monoisotopic (exact) mass is 267 g/mol. The molecule has 0 amide bonds. The number of phenols is 1. The van der Waals surface area contributed by atoms with E-state index in [4.69, 9.17) is 4.74 Å². The molecule has 1 N–H and O–H groups in total. The summed E-state index contributed by atoms with van der Waals surface area (Å²) in [6.45, 7) is 2.56. The number of nitrogens with zero attached hydrogens (tertiary/aromatic N) is 1. The van der Waals surface area contributed by atoms with E-state index in [1.807, 2.05) is 43.4 Å². The van der Waals surface area contributed by atoms with Crippen molar-refractivity contribution in [1.29, 1.82) is 0 Å². The summed E-state index contributed by atoms with van der Waals surface area (Å²) in [6, 6.07) is 15.5. The van der Waals surface area contributed by atoms with Gasteiger partial charge in [-0.1, -0.05) is 17.7 Å². The first kappa shape index (κ1) is 12.6. The van der Waals surface area contributed by atoms with Gasteiger partial charge in [-0.25, -0.2) is 0 Å². The minimum absolute atomic E-state index is 0.286. The Labute approximate surface area is 118 Å². The zero-order chi connectivity index (χ0) is 14.1. The van der Waals surface area contributed by atoms with Crippen LogP contribution >= 0.6 is 0 Å². The lowest BCUT2D eigenvalue weighted by molar-refractivity contribution is 0.297. The lowest BCUT2D eigenvalue weighted by atomic mass is 10.2.